The van der Waals surface area contributed by atoms with Gasteiger partial charge in [-0.3, -0.25) is 4.99 Å². The minimum atomic E-state index is -0.682. The summed E-state index contributed by atoms with van der Waals surface area (Å²) >= 11 is 3.45. The lowest BCUT2D eigenvalue weighted by Crippen LogP contribution is -2.10. The molecule has 0 atom stereocenters. The number of aromatic nitrogens is 2. The van der Waals surface area contributed by atoms with Crippen LogP contribution < -0.4 is 5.32 Å². The minimum Gasteiger partial charge on any atom is -0.508 e. The van der Waals surface area contributed by atoms with Gasteiger partial charge in [0.1, 0.15) is 17.4 Å². The van der Waals surface area contributed by atoms with Gasteiger partial charge in [-0.2, -0.15) is 0 Å². The van der Waals surface area contributed by atoms with E-state index < -0.39 is 11.6 Å². The zero-order valence-electron chi connectivity index (χ0n) is 16.5. The van der Waals surface area contributed by atoms with E-state index in [4.69, 9.17) is 0 Å². The van der Waals surface area contributed by atoms with Crippen molar-refractivity contribution in [2.75, 3.05) is 5.32 Å². The van der Waals surface area contributed by atoms with Crippen LogP contribution in [-0.2, 0) is 6.54 Å². The largest absolute Gasteiger partial charge is 0.508 e. The number of nitrogens with one attached hydrogen (secondary N) is 1. The van der Waals surface area contributed by atoms with E-state index in [0.717, 1.165) is 10.0 Å². The lowest BCUT2D eigenvalue weighted by molar-refractivity contribution is 0.475. The van der Waals surface area contributed by atoms with E-state index in [-0.39, 0.29) is 23.6 Å². The summed E-state index contributed by atoms with van der Waals surface area (Å²) in [5.74, 6) is -0.926. The van der Waals surface area contributed by atoms with Crippen LogP contribution in [0.15, 0.2) is 76.3 Å². The van der Waals surface area contributed by atoms with Gasteiger partial charge in [0.2, 0.25) is 5.95 Å². The molecule has 0 aliphatic carbocycles. The molecule has 1 aliphatic rings. The summed E-state index contributed by atoms with van der Waals surface area (Å²) in [5.41, 5.74) is 3.25. The maximum Gasteiger partial charge on any atom is 0.227 e. The highest BCUT2D eigenvalue weighted by atomic mass is 79.9. The van der Waals surface area contributed by atoms with E-state index >= 15 is 0 Å². The lowest BCUT2D eigenvalue weighted by atomic mass is 9.95. The minimum absolute atomic E-state index is 0.116. The first kappa shape index (κ1) is 20.3. The lowest BCUT2D eigenvalue weighted by Gasteiger charge is -2.13. The molecule has 0 bridgehead atoms. The Morgan fingerprint density at radius 1 is 0.938 bits per heavy atom. The molecule has 0 amide bonds. The quantitative estimate of drug-likeness (QED) is 0.368. The van der Waals surface area contributed by atoms with E-state index in [1.165, 1.54) is 18.2 Å². The number of hydrogen-bond acceptors (Lipinski definition) is 5. The molecule has 2 heterocycles. The van der Waals surface area contributed by atoms with Crippen molar-refractivity contribution >= 4 is 33.3 Å². The molecule has 1 aliphatic heterocycles. The summed E-state index contributed by atoms with van der Waals surface area (Å²) in [7, 11) is 0. The fourth-order valence-corrected chi connectivity index (χ4v) is 4.00. The molecule has 1 aromatic heterocycles. The summed E-state index contributed by atoms with van der Waals surface area (Å²) in [4.78, 5) is 13.6. The van der Waals surface area contributed by atoms with Crippen molar-refractivity contribution in [3.8, 4) is 17.0 Å². The average molecular weight is 493 g/mol. The predicted molar refractivity (Wildman–Crippen MR) is 122 cm³/mol. The van der Waals surface area contributed by atoms with Crippen LogP contribution in [0.1, 0.15) is 16.7 Å². The Balaban J connectivity index is 1.65. The summed E-state index contributed by atoms with van der Waals surface area (Å²) in [5, 5.41) is 12.8. The smallest absolute Gasteiger partial charge is 0.227 e. The molecule has 0 saturated heterocycles. The van der Waals surface area contributed by atoms with Crippen molar-refractivity contribution in [1.82, 2.24) is 9.97 Å². The van der Waals surface area contributed by atoms with E-state index in [1.807, 2.05) is 12.1 Å². The third kappa shape index (κ3) is 3.73. The van der Waals surface area contributed by atoms with Crippen LogP contribution >= 0.6 is 15.9 Å². The molecule has 0 fully saturated rings. The average Bonchev–Trinajstić information content (AvgIpc) is 2.91. The van der Waals surface area contributed by atoms with Gasteiger partial charge in [0.25, 0.3) is 0 Å². The van der Waals surface area contributed by atoms with E-state index in [2.05, 4.69) is 36.2 Å². The molecule has 32 heavy (non-hydrogen) atoms. The van der Waals surface area contributed by atoms with Crippen LogP contribution in [0, 0.1) is 11.6 Å². The van der Waals surface area contributed by atoms with Crippen molar-refractivity contribution < 1.29 is 13.9 Å². The Morgan fingerprint density at radius 2 is 1.72 bits per heavy atom. The van der Waals surface area contributed by atoms with Crippen molar-refractivity contribution in [3.05, 3.63) is 99.7 Å². The number of rotatable bonds is 3. The molecule has 0 saturated carbocycles. The van der Waals surface area contributed by atoms with Gasteiger partial charge in [0.15, 0.2) is 0 Å². The molecule has 3 aromatic carbocycles. The molecular formula is C24H15BrF2N4O. The molecule has 4 aromatic rings. The molecular weight excluding hydrogens is 478 g/mol. The number of aromatic hydroxyl groups is 1. The maximum absolute atomic E-state index is 14.6. The number of hydrogen-bond donors (Lipinski definition) is 2. The fourth-order valence-electron chi connectivity index (χ4n) is 3.63. The highest BCUT2D eigenvalue weighted by Gasteiger charge is 2.25. The SMILES string of the molecule is Oc1cccc(Nc2ncc3c(n2)-c2ccc(Br)cc2C(c2c(F)cccc2F)=NC3)c1. The number of nitrogens with zero attached hydrogens (tertiary/aromatic N) is 3. The van der Waals surface area contributed by atoms with Crippen LogP contribution in [0.25, 0.3) is 11.3 Å². The van der Waals surface area contributed by atoms with E-state index in [1.54, 1.807) is 36.5 Å². The molecule has 158 valence electrons. The Morgan fingerprint density at radius 3 is 2.50 bits per heavy atom. The Labute approximate surface area is 190 Å². The third-order valence-corrected chi connectivity index (χ3v) is 5.56. The molecule has 5 rings (SSSR count). The van der Waals surface area contributed by atoms with Crippen LogP contribution in [0.3, 0.4) is 0 Å². The number of fused-ring (bicyclic) bond motifs is 3. The van der Waals surface area contributed by atoms with Gasteiger partial charge in [0.05, 0.1) is 23.5 Å². The number of halogens is 3. The molecule has 0 spiro atoms. The summed E-state index contributed by atoms with van der Waals surface area (Å²) < 4.78 is 30.0. The number of aliphatic imine (C=N–C) groups is 1. The van der Waals surface area contributed by atoms with Gasteiger partial charge >= 0.3 is 0 Å². The fraction of sp³-hybridized carbons (Fsp3) is 0.0417. The van der Waals surface area contributed by atoms with Gasteiger partial charge in [-0.25, -0.2) is 18.7 Å². The van der Waals surface area contributed by atoms with Crippen LogP contribution in [0.2, 0.25) is 0 Å². The normalized spacial score (nSPS) is 12.4. The highest BCUT2D eigenvalue weighted by Crippen LogP contribution is 2.35. The summed E-state index contributed by atoms with van der Waals surface area (Å²) in [6.45, 7) is 0.164. The number of benzene rings is 3. The number of anilines is 2. The molecule has 5 nitrogen and oxygen atoms in total. The van der Waals surface area contributed by atoms with Crippen molar-refractivity contribution in [2.24, 2.45) is 4.99 Å². The second kappa shape index (κ2) is 8.12. The standard InChI is InChI=1S/C24H15BrF2N4O/c25-14-7-8-17-18(9-14)23(21-19(26)5-2-6-20(21)27)28-11-13-12-29-24(31-22(13)17)30-15-3-1-4-16(32)10-15/h1-10,12,32H,11H2,(H,29,30,31). The first-order valence-corrected chi connectivity index (χ1v) is 10.5. The van der Waals surface area contributed by atoms with Gasteiger partial charge < -0.3 is 10.4 Å². The zero-order valence-corrected chi connectivity index (χ0v) is 18.1. The van der Waals surface area contributed by atoms with Crippen LogP contribution in [0.4, 0.5) is 20.4 Å². The highest BCUT2D eigenvalue weighted by molar-refractivity contribution is 9.10. The first-order chi connectivity index (χ1) is 15.5. The topological polar surface area (TPSA) is 70.4 Å². The monoisotopic (exact) mass is 492 g/mol. The molecule has 2 N–H and O–H groups in total. The van der Waals surface area contributed by atoms with Gasteiger partial charge in [-0.05, 0) is 36.4 Å². The predicted octanol–water partition coefficient (Wildman–Crippen LogP) is 5.98. The molecule has 0 radical (unpaired) electrons. The second-order valence-corrected chi connectivity index (χ2v) is 8.11. The van der Waals surface area contributed by atoms with E-state index in [9.17, 15) is 13.9 Å². The third-order valence-electron chi connectivity index (χ3n) is 5.07. The number of phenolic OH excluding ortho intramolecular Hbond substituents is 1. The van der Waals surface area contributed by atoms with Crippen LogP contribution in [-0.4, -0.2) is 20.8 Å². The van der Waals surface area contributed by atoms with Gasteiger partial charge in [0, 0.05) is 39.1 Å². The Hall–Kier alpha value is -3.65. The first-order valence-electron chi connectivity index (χ1n) is 9.71. The number of phenols is 1. The Bertz CT molecular complexity index is 1370. The van der Waals surface area contributed by atoms with Crippen molar-refractivity contribution in [1.29, 1.82) is 0 Å². The van der Waals surface area contributed by atoms with E-state index in [0.29, 0.717) is 28.5 Å². The molecule has 8 heteroatoms. The zero-order chi connectivity index (χ0) is 22.2. The van der Waals surface area contributed by atoms with Crippen molar-refractivity contribution in [2.45, 2.75) is 6.54 Å². The second-order valence-electron chi connectivity index (χ2n) is 7.19. The molecule has 0 unspecified atom stereocenters. The Kier molecular flexibility index (Phi) is 5.14. The van der Waals surface area contributed by atoms with Gasteiger partial charge in [-0.15, -0.1) is 0 Å². The van der Waals surface area contributed by atoms with Crippen molar-refractivity contribution in [3.63, 3.8) is 0 Å². The maximum atomic E-state index is 14.6. The summed E-state index contributed by atoms with van der Waals surface area (Å²) in [6, 6.07) is 15.8. The van der Waals surface area contributed by atoms with Crippen LogP contribution in [0.5, 0.6) is 5.75 Å². The van der Waals surface area contributed by atoms with Gasteiger partial charge in [-0.1, -0.05) is 34.1 Å². The summed E-state index contributed by atoms with van der Waals surface area (Å²) in [6.07, 6.45) is 1.64.